The van der Waals surface area contributed by atoms with Crippen LogP contribution in [0.4, 0.5) is 22.0 Å². The fraction of sp³-hybridized carbons (Fsp3) is 0.278. The number of hydrogen-bond donors (Lipinski definition) is 2. The Morgan fingerprint density at radius 3 is 2.52 bits per heavy atom. The quantitative estimate of drug-likeness (QED) is 0.810. The third-order valence-corrected chi connectivity index (χ3v) is 4.51. The zero-order valence-electron chi connectivity index (χ0n) is 15.2. The molecule has 2 N–H and O–H groups in total. The van der Waals surface area contributed by atoms with Gasteiger partial charge in [0.2, 0.25) is 5.91 Å². The highest BCUT2D eigenvalue weighted by molar-refractivity contribution is 6.30. The summed E-state index contributed by atoms with van der Waals surface area (Å²) in [5.74, 6) is 0.282. The molecular formula is C18H21Cl2N5O2. The number of pyridine rings is 1. The lowest BCUT2D eigenvalue weighted by molar-refractivity contribution is -0.117. The van der Waals surface area contributed by atoms with E-state index in [1.165, 1.54) is 0 Å². The van der Waals surface area contributed by atoms with Crippen LogP contribution in [0.15, 0.2) is 36.4 Å². The number of nitrogens with one attached hydrogen (secondary N) is 2. The van der Waals surface area contributed by atoms with Crippen molar-refractivity contribution in [3.63, 3.8) is 0 Å². The van der Waals surface area contributed by atoms with E-state index in [4.69, 9.17) is 11.6 Å². The molecule has 1 atom stereocenters. The number of rotatable bonds is 4. The third-order valence-electron chi connectivity index (χ3n) is 4.26. The van der Waals surface area contributed by atoms with Crippen molar-refractivity contribution in [3.05, 3.63) is 47.1 Å². The van der Waals surface area contributed by atoms with Crippen LogP contribution in [0.25, 0.3) is 0 Å². The molecule has 0 saturated carbocycles. The van der Waals surface area contributed by atoms with E-state index in [0.29, 0.717) is 34.5 Å². The highest BCUT2D eigenvalue weighted by Crippen LogP contribution is 2.34. The van der Waals surface area contributed by atoms with Crippen LogP contribution >= 0.6 is 24.0 Å². The van der Waals surface area contributed by atoms with Crippen LogP contribution in [0, 0.1) is 0 Å². The fourth-order valence-corrected chi connectivity index (χ4v) is 2.78. The minimum absolute atomic E-state index is 0. The topological polar surface area (TPSA) is 77.6 Å². The summed E-state index contributed by atoms with van der Waals surface area (Å²) in [6.45, 7) is 2.13. The van der Waals surface area contributed by atoms with Crippen molar-refractivity contribution >= 4 is 53.1 Å². The number of amides is 3. The van der Waals surface area contributed by atoms with Crippen LogP contribution in [-0.2, 0) is 11.3 Å². The molecule has 7 nitrogen and oxygen atoms in total. The molecule has 9 heteroatoms. The number of urea groups is 1. The number of aromatic nitrogens is 1. The Morgan fingerprint density at radius 2 is 1.89 bits per heavy atom. The zero-order valence-corrected chi connectivity index (χ0v) is 16.8. The van der Waals surface area contributed by atoms with E-state index in [2.05, 4.69) is 15.6 Å². The van der Waals surface area contributed by atoms with E-state index < -0.39 is 0 Å². The van der Waals surface area contributed by atoms with Gasteiger partial charge in [-0.2, -0.15) is 0 Å². The Bertz CT molecular complexity index is 844. The largest absolute Gasteiger partial charge is 0.329 e. The second-order valence-corrected chi connectivity index (χ2v) is 6.55. The lowest BCUT2D eigenvalue weighted by Gasteiger charge is -2.34. The van der Waals surface area contributed by atoms with Crippen molar-refractivity contribution in [3.8, 4) is 0 Å². The van der Waals surface area contributed by atoms with Gasteiger partial charge in [-0.25, -0.2) is 9.78 Å². The lowest BCUT2D eigenvalue weighted by Crippen LogP contribution is -2.43. The van der Waals surface area contributed by atoms with Gasteiger partial charge < -0.3 is 15.5 Å². The standard InChI is InChI=1S/C18H20ClN5O2.ClH/c1-11(20-2)17(25)22-16-9-8-15-14(21-16)10-23(3)18(26)24(15)13-6-4-12(19)5-7-13;/h4-9,11,20H,10H2,1-3H3,(H,21,22,25);1H/t11-;/m0./s1. The van der Waals surface area contributed by atoms with Gasteiger partial charge in [0.05, 0.1) is 29.7 Å². The summed E-state index contributed by atoms with van der Waals surface area (Å²) in [5, 5.41) is 6.26. The number of anilines is 3. The molecule has 0 aliphatic carbocycles. The average Bonchev–Trinajstić information content (AvgIpc) is 2.63. The molecule has 0 saturated heterocycles. The average molecular weight is 410 g/mol. The number of fused-ring (bicyclic) bond motifs is 1. The number of nitrogens with zero attached hydrogens (tertiary/aromatic N) is 3. The maximum atomic E-state index is 12.7. The van der Waals surface area contributed by atoms with Crippen molar-refractivity contribution in [2.45, 2.75) is 19.5 Å². The Hall–Kier alpha value is -2.35. The van der Waals surface area contributed by atoms with E-state index >= 15 is 0 Å². The van der Waals surface area contributed by atoms with Gasteiger partial charge in [-0.1, -0.05) is 11.6 Å². The summed E-state index contributed by atoms with van der Waals surface area (Å²) >= 11 is 5.95. The number of benzene rings is 1. The summed E-state index contributed by atoms with van der Waals surface area (Å²) < 4.78 is 0. The van der Waals surface area contributed by atoms with Gasteiger partial charge in [0.25, 0.3) is 0 Å². The highest BCUT2D eigenvalue weighted by Gasteiger charge is 2.30. The summed E-state index contributed by atoms with van der Waals surface area (Å²) in [6, 6.07) is 10.0. The van der Waals surface area contributed by atoms with Crippen LogP contribution in [0.2, 0.25) is 5.02 Å². The molecule has 3 amide bonds. The predicted octanol–water partition coefficient (Wildman–Crippen LogP) is 3.41. The molecule has 0 fully saturated rings. The molecule has 144 valence electrons. The Morgan fingerprint density at radius 1 is 1.22 bits per heavy atom. The number of carbonyl (C=O) groups is 2. The number of carbonyl (C=O) groups excluding carboxylic acids is 2. The number of halogens is 2. The van der Waals surface area contributed by atoms with Crippen molar-refractivity contribution in [1.29, 1.82) is 0 Å². The van der Waals surface area contributed by atoms with E-state index in [1.54, 1.807) is 67.2 Å². The first kappa shape index (κ1) is 21.0. The summed E-state index contributed by atoms with van der Waals surface area (Å²) in [5.41, 5.74) is 2.10. The third kappa shape index (κ3) is 4.32. The molecule has 1 aliphatic rings. The predicted molar refractivity (Wildman–Crippen MR) is 109 cm³/mol. The van der Waals surface area contributed by atoms with Crippen LogP contribution in [-0.4, -0.2) is 42.0 Å². The summed E-state index contributed by atoms with van der Waals surface area (Å²) in [7, 11) is 3.43. The Labute approximate surface area is 169 Å². The van der Waals surface area contributed by atoms with Gasteiger partial charge in [-0.05, 0) is 50.4 Å². The minimum Gasteiger partial charge on any atom is -0.321 e. The maximum Gasteiger partial charge on any atom is 0.329 e. The number of hydrogen-bond acceptors (Lipinski definition) is 4. The van der Waals surface area contributed by atoms with Crippen molar-refractivity contribution in [2.24, 2.45) is 0 Å². The van der Waals surface area contributed by atoms with Gasteiger partial charge in [0, 0.05) is 12.1 Å². The minimum atomic E-state index is -0.331. The second-order valence-electron chi connectivity index (χ2n) is 6.11. The van der Waals surface area contributed by atoms with Crippen molar-refractivity contribution < 1.29 is 9.59 Å². The highest BCUT2D eigenvalue weighted by atomic mass is 35.5. The molecule has 0 radical (unpaired) electrons. The van der Waals surface area contributed by atoms with Gasteiger partial charge >= 0.3 is 6.03 Å². The van der Waals surface area contributed by atoms with E-state index in [9.17, 15) is 9.59 Å². The Kier molecular flexibility index (Phi) is 6.64. The molecule has 1 aliphatic heterocycles. The van der Waals surface area contributed by atoms with Crippen LogP contribution in [0.5, 0.6) is 0 Å². The normalized spacial score (nSPS) is 14.3. The summed E-state index contributed by atoms with van der Waals surface area (Å²) in [4.78, 5) is 32.4. The molecule has 0 bridgehead atoms. The first-order chi connectivity index (χ1) is 12.4. The molecule has 3 rings (SSSR count). The van der Waals surface area contributed by atoms with Crippen molar-refractivity contribution in [1.82, 2.24) is 15.2 Å². The van der Waals surface area contributed by atoms with Crippen LogP contribution < -0.4 is 15.5 Å². The first-order valence-electron chi connectivity index (χ1n) is 8.19. The molecule has 2 heterocycles. The molecular weight excluding hydrogens is 389 g/mol. The Balaban J connectivity index is 0.00000261. The van der Waals surface area contributed by atoms with Gasteiger partial charge in [0.1, 0.15) is 5.82 Å². The molecule has 2 aromatic rings. The van der Waals surface area contributed by atoms with E-state index in [1.807, 2.05) is 0 Å². The first-order valence-corrected chi connectivity index (χ1v) is 8.57. The van der Waals surface area contributed by atoms with Gasteiger partial charge in [0.15, 0.2) is 0 Å². The zero-order chi connectivity index (χ0) is 18.8. The molecule has 27 heavy (non-hydrogen) atoms. The monoisotopic (exact) mass is 409 g/mol. The van der Waals surface area contributed by atoms with Crippen LogP contribution in [0.1, 0.15) is 12.6 Å². The SMILES string of the molecule is CN[C@@H](C)C(=O)Nc1ccc2c(n1)CN(C)C(=O)N2c1ccc(Cl)cc1.Cl. The smallest absolute Gasteiger partial charge is 0.321 e. The van der Waals surface area contributed by atoms with Gasteiger partial charge in [-0.15, -0.1) is 12.4 Å². The van der Waals surface area contributed by atoms with Gasteiger partial charge in [-0.3, -0.25) is 9.69 Å². The molecule has 1 aromatic heterocycles. The molecule has 1 aromatic carbocycles. The van der Waals surface area contributed by atoms with Crippen molar-refractivity contribution in [2.75, 3.05) is 24.3 Å². The summed E-state index contributed by atoms with van der Waals surface area (Å²) in [6.07, 6.45) is 0. The van der Waals surface area contributed by atoms with E-state index in [0.717, 1.165) is 0 Å². The second kappa shape index (κ2) is 8.56. The van der Waals surface area contributed by atoms with Crippen LogP contribution in [0.3, 0.4) is 0 Å². The van der Waals surface area contributed by atoms with E-state index in [-0.39, 0.29) is 30.4 Å². The maximum absolute atomic E-state index is 12.7. The number of likely N-dealkylation sites (N-methyl/N-ethyl adjacent to an activating group) is 1. The molecule has 0 spiro atoms. The lowest BCUT2D eigenvalue weighted by atomic mass is 10.1. The fourth-order valence-electron chi connectivity index (χ4n) is 2.65. The molecule has 0 unspecified atom stereocenters.